The third-order valence-electron chi connectivity index (χ3n) is 4.78. The molecule has 0 spiro atoms. The topological polar surface area (TPSA) is 88.8 Å². The number of carbonyl (C=O) groups is 1. The largest absolute Gasteiger partial charge is 0.307 e. The summed E-state index contributed by atoms with van der Waals surface area (Å²) in [5.41, 5.74) is 1.21. The third-order valence-corrected chi connectivity index (χ3v) is 4.78. The summed E-state index contributed by atoms with van der Waals surface area (Å²) in [6.45, 7) is 2.06. The van der Waals surface area contributed by atoms with Gasteiger partial charge in [-0.05, 0) is 45.1 Å². The van der Waals surface area contributed by atoms with Gasteiger partial charge in [0.1, 0.15) is 5.82 Å². The molecule has 8 nitrogen and oxygen atoms in total. The number of nitrogens with zero attached hydrogens (tertiary/aromatic N) is 6. The van der Waals surface area contributed by atoms with Gasteiger partial charge >= 0.3 is 0 Å². The number of carbonyl (C=O) groups excluding carboxylic acids is 1. The van der Waals surface area contributed by atoms with Crippen LogP contribution in [0.25, 0.3) is 11.4 Å². The van der Waals surface area contributed by atoms with Crippen molar-refractivity contribution in [3.63, 3.8) is 0 Å². The van der Waals surface area contributed by atoms with Crippen molar-refractivity contribution in [1.29, 1.82) is 0 Å². The van der Waals surface area contributed by atoms with E-state index in [0.717, 1.165) is 31.5 Å². The van der Waals surface area contributed by atoms with E-state index in [1.807, 2.05) is 22.9 Å². The molecule has 27 heavy (non-hydrogen) atoms. The van der Waals surface area contributed by atoms with Crippen LogP contribution < -0.4 is 5.32 Å². The molecule has 1 amide bonds. The average Bonchev–Trinajstić information content (AvgIpc) is 3.17. The Hall–Kier alpha value is -3.13. The second-order valence-corrected chi connectivity index (χ2v) is 6.69. The molecule has 1 N–H and O–H groups in total. The summed E-state index contributed by atoms with van der Waals surface area (Å²) in [5, 5.41) is 7.34. The molecule has 1 aliphatic heterocycles. The highest BCUT2D eigenvalue weighted by molar-refractivity contribution is 6.03. The fourth-order valence-electron chi connectivity index (χ4n) is 3.22. The summed E-state index contributed by atoms with van der Waals surface area (Å²) in [6.07, 6.45) is 10.2. The SMILES string of the molecule is CN1CCC(n2nccc2NC(=O)c2cnc(-c3cccnc3)nc2)CC1. The van der Waals surface area contributed by atoms with Crippen LogP contribution in [0.4, 0.5) is 5.82 Å². The van der Waals surface area contributed by atoms with Gasteiger partial charge in [-0.15, -0.1) is 0 Å². The molecule has 1 fully saturated rings. The average molecular weight is 363 g/mol. The number of anilines is 1. The predicted molar refractivity (Wildman–Crippen MR) is 101 cm³/mol. The van der Waals surface area contributed by atoms with Crippen molar-refractivity contribution in [2.75, 3.05) is 25.5 Å². The normalized spacial score (nSPS) is 15.6. The van der Waals surface area contributed by atoms with E-state index in [1.165, 1.54) is 12.4 Å². The Morgan fingerprint density at radius 3 is 2.59 bits per heavy atom. The van der Waals surface area contributed by atoms with Gasteiger partial charge < -0.3 is 10.2 Å². The van der Waals surface area contributed by atoms with Crippen molar-refractivity contribution >= 4 is 11.7 Å². The maximum Gasteiger partial charge on any atom is 0.259 e. The minimum Gasteiger partial charge on any atom is -0.307 e. The molecule has 0 unspecified atom stereocenters. The highest BCUT2D eigenvalue weighted by Crippen LogP contribution is 2.25. The Morgan fingerprint density at radius 2 is 1.89 bits per heavy atom. The summed E-state index contributed by atoms with van der Waals surface area (Å²) in [4.78, 5) is 27.5. The van der Waals surface area contributed by atoms with Crippen LogP contribution in [0.3, 0.4) is 0 Å². The quantitative estimate of drug-likeness (QED) is 0.765. The molecule has 8 heteroatoms. The fraction of sp³-hybridized carbons (Fsp3) is 0.316. The van der Waals surface area contributed by atoms with Gasteiger partial charge in [0.2, 0.25) is 0 Å². The van der Waals surface area contributed by atoms with Gasteiger partial charge in [0.25, 0.3) is 5.91 Å². The van der Waals surface area contributed by atoms with Crippen LogP contribution in [0.15, 0.2) is 49.2 Å². The molecule has 0 saturated carbocycles. The summed E-state index contributed by atoms with van der Waals surface area (Å²) in [6, 6.07) is 5.82. The molecule has 3 aromatic heterocycles. The minimum absolute atomic E-state index is 0.248. The molecule has 3 aromatic rings. The predicted octanol–water partition coefficient (Wildman–Crippen LogP) is 2.25. The van der Waals surface area contributed by atoms with E-state index in [0.29, 0.717) is 23.2 Å². The highest BCUT2D eigenvalue weighted by atomic mass is 16.1. The Morgan fingerprint density at radius 1 is 1.11 bits per heavy atom. The lowest BCUT2D eigenvalue weighted by molar-refractivity contribution is 0.102. The zero-order chi connectivity index (χ0) is 18.6. The molecule has 4 rings (SSSR count). The van der Waals surface area contributed by atoms with Gasteiger partial charge in [0, 0.05) is 36.4 Å². The van der Waals surface area contributed by atoms with E-state index in [2.05, 4.69) is 37.3 Å². The van der Waals surface area contributed by atoms with Gasteiger partial charge in [-0.2, -0.15) is 5.10 Å². The first-order valence-electron chi connectivity index (χ1n) is 8.96. The molecule has 138 valence electrons. The van der Waals surface area contributed by atoms with Gasteiger partial charge in [-0.1, -0.05) is 0 Å². The van der Waals surface area contributed by atoms with Crippen molar-refractivity contribution in [1.82, 2.24) is 29.6 Å². The first-order chi connectivity index (χ1) is 13.2. The lowest BCUT2D eigenvalue weighted by Crippen LogP contribution is -2.32. The number of nitrogens with one attached hydrogen (secondary N) is 1. The lowest BCUT2D eigenvalue weighted by atomic mass is 10.1. The Kier molecular flexibility index (Phi) is 4.88. The smallest absolute Gasteiger partial charge is 0.259 e. The second-order valence-electron chi connectivity index (χ2n) is 6.69. The van der Waals surface area contributed by atoms with E-state index < -0.39 is 0 Å². The van der Waals surface area contributed by atoms with Crippen LogP contribution in [0.5, 0.6) is 0 Å². The summed E-state index contributed by atoms with van der Waals surface area (Å²) in [5.74, 6) is 0.990. The van der Waals surface area contributed by atoms with Crippen LogP contribution in [-0.4, -0.2) is 55.7 Å². The van der Waals surface area contributed by atoms with Crippen molar-refractivity contribution in [3.05, 3.63) is 54.7 Å². The highest BCUT2D eigenvalue weighted by Gasteiger charge is 2.21. The van der Waals surface area contributed by atoms with Crippen molar-refractivity contribution in [2.24, 2.45) is 0 Å². The van der Waals surface area contributed by atoms with E-state index in [4.69, 9.17) is 0 Å². The van der Waals surface area contributed by atoms with Crippen molar-refractivity contribution in [3.8, 4) is 11.4 Å². The van der Waals surface area contributed by atoms with Crippen molar-refractivity contribution in [2.45, 2.75) is 18.9 Å². The lowest BCUT2D eigenvalue weighted by Gasteiger charge is -2.29. The molecule has 0 aromatic carbocycles. The van der Waals surface area contributed by atoms with Crippen LogP contribution in [-0.2, 0) is 0 Å². The fourth-order valence-corrected chi connectivity index (χ4v) is 3.22. The molecule has 0 aliphatic carbocycles. The molecule has 0 atom stereocenters. The minimum atomic E-state index is -0.248. The van der Waals surface area contributed by atoms with Crippen LogP contribution >= 0.6 is 0 Å². The number of piperidine rings is 1. The zero-order valence-electron chi connectivity index (χ0n) is 15.1. The van der Waals surface area contributed by atoms with E-state index >= 15 is 0 Å². The molecule has 0 bridgehead atoms. The maximum atomic E-state index is 12.6. The van der Waals surface area contributed by atoms with Crippen LogP contribution in [0, 0.1) is 0 Å². The second kappa shape index (κ2) is 7.63. The van der Waals surface area contributed by atoms with E-state index in [1.54, 1.807) is 18.6 Å². The number of amides is 1. The number of pyridine rings is 1. The number of rotatable bonds is 4. The van der Waals surface area contributed by atoms with Gasteiger partial charge in [0.15, 0.2) is 5.82 Å². The number of likely N-dealkylation sites (tertiary alicyclic amines) is 1. The van der Waals surface area contributed by atoms with Gasteiger partial charge in [-0.25, -0.2) is 14.6 Å². The monoisotopic (exact) mass is 363 g/mol. The summed E-state index contributed by atoms with van der Waals surface area (Å²) >= 11 is 0. The molecule has 1 aliphatic rings. The molecule has 4 heterocycles. The third kappa shape index (κ3) is 3.85. The van der Waals surface area contributed by atoms with Crippen LogP contribution in [0.1, 0.15) is 29.2 Å². The number of hydrogen-bond acceptors (Lipinski definition) is 6. The Bertz CT molecular complexity index is 899. The maximum absolute atomic E-state index is 12.6. The number of hydrogen-bond donors (Lipinski definition) is 1. The van der Waals surface area contributed by atoms with E-state index in [-0.39, 0.29) is 5.91 Å². The van der Waals surface area contributed by atoms with Gasteiger partial charge in [0.05, 0.1) is 17.8 Å². The first-order valence-corrected chi connectivity index (χ1v) is 8.96. The molecular weight excluding hydrogens is 342 g/mol. The number of aromatic nitrogens is 5. The molecular formula is C19H21N7O. The summed E-state index contributed by atoms with van der Waals surface area (Å²) in [7, 11) is 2.12. The Labute approximate surface area is 157 Å². The van der Waals surface area contributed by atoms with Crippen molar-refractivity contribution < 1.29 is 4.79 Å². The summed E-state index contributed by atoms with van der Waals surface area (Å²) < 4.78 is 1.91. The zero-order valence-corrected chi connectivity index (χ0v) is 15.1. The molecule has 0 radical (unpaired) electrons. The molecule has 1 saturated heterocycles. The standard InChI is InChI=1S/C19H21N7O/c1-25-9-5-16(6-10-25)26-17(4-8-23-26)24-19(27)15-12-21-18(22-13-15)14-3-2-7-20-11-14/h2-4,7-8,11-13,16H,5-6,9-10H2,1H3,(H,24,27). The van der Waals surface area contributed by atoms with E-state index in [9.17, 15) is 4.79 Å². The Balaban J connectivity index is 1.46. The first kappa shape index (κ1) is 17.3. The van der Waals surface area contributed by atoms with Crippen LogP contribution in [0.2, 0.25) is 0 Å². The van der Waals surface area contributed by atoms with Gasteiger partial charge in [-0.3, -0.25) is 9.78 Å².